The Kier molecular flexibility index (Phi) is 7.73. The normalized spacial score (nSPS) is 11.5. The first-order chi connectivity index (χ1) is 14.9. The van der Waals surface area contributed by atoms with Crippen molar-refractivity contribution in [3.8, 4) is 5.75 Å². The van der Waals surface area contributed by atoms with E-state index in [4.69, 9.17) is 4.74 Å². The highest BCUT2D eigenvalue weighted by molar-refractivity contribution is 8.00. The topological polar surface area (TPSA) is 67.4 Å². The molecule has 0 saturated carbocycles. The Morgan fingerprint density at radius 2 is 1.58 bits per heavy atom. The summed E-state index contributed by atoms with van der Waals surface area (Å²) in [4.78, 5) is 25.8. The summed E-state index contributed by atoms with van der Waals surface area (Å²) >= 11 is 1.44. The maximum atomic E-state index is 12.7. The second-order valence-electron chi connectivity index (χ2n) is 7.19. The molecule has 1 atom stereocenters. The van der Waals surface area contributed by atoms with E-state index in [2.05, 4.69) is 10.6 Å². The number of aryl methyl sites for hydroxylation is 2. The number of carbonyl (C=O) groups is 2. The van der Waals surface area contributed by atoms with Crippen LogP contribution in [0.2, 0.25) is 0 Å². The molecular weight excluding hydrogens is 408 g/mol. The summed E-state index contributed by atoms with van der Waals surface area (Å²) in [5, 5.41) is 5.56. The van der Waals surface area contributed by atoms with E-state index in [9.17, 15) is 9.59 Å². The average Bonchev–Trinajstić information content (AvgIpc) is 2.76. The second kappa shape index (κ2) is 10.7. The van der Waals surface area contributed by atoms with Crippen LogP contribution < -0.4 is 15.4 Å². The zero-order chi connectivity index (χ0) is 22.2. The Morgan fingerprint density at radius 1 is 0.903 bits per heavy atom. The number of ether oxygens (including phenoxy) is 1. The quantitative estimate of drug-likeness (QED) is 0.463. The standard InChI is InChI=1S/C25H26N2O3S/c1-17-9-7-10-18(2)24(17)27-25(29)19(3)31-22-14-8-11-20(15-22)26-23(28)16-30-21-12-5-4-6-13-21/h4-15,19H,16H2,1-3H3,(H,26,28)(H,27,29). The molecule has 0 bridgehead atoms. The number of anilines is 2. The van der Waals surface area contributed by atoms with E-state index in [1.54, 1.807) is 12.1 Å². The number of para-hydroxylation sites is 2. The van der Waals surface area contributed by atoms with Crippen LogP contribution in [0.5, 0.6) is 5.75 Å². The maximum Gasteiger partial charge on any atom is 0.262 e. The van der Waals surface area contributed by atoms with Gasteiger partial charge in [0.1, 0.15) is 5.75 Å². The molecule has 2 N–H and O–H groups in total. The molecule has 0 fully saturated rings. The van der Waals surface area contributed by atoms with E-state index in [1.807, 2.05) is 81.4 Å². The van der Waals surface area contributed by atoms with Crippen LogP contribution >= 0.6 is 11.8 Å². The number of benzene rings is 3. The van der Waals surface area contributed by atoms with Gasteiger partial charge in [0, 0.05) is 16.3 Å². The Morgan fingerprint density at radius 3 is 2.29 bits per heavy atom. The minimum atomic E-state index is -0.300. The summed E-state index contributed by atoms with van der Waals surface area (Å²) < 4.78 is 5.47. The molecule has 0 aliphatic carbocycles. The van der Waals surface area contributed by atoms with E-state index in [0.717, 1.165) is 21.7 Å². The van der Waals surface area contributed by atoms with Gasteiger partial charge in [-0.15, -0.1) is 11.8 Å². The minimum Gasteiger partial charge on any atom is -0.484 e. The first-order valence-corrected chi connectivity index (χ1v) is 10.9. The van der Waals surface area contributed by atoms with Crippen LogP contribution in [0, 0.1) is 13.8 Å². The number of hydrogen-bond donors (Lipinski definition) is 2. The van der Waals surface area contributed by atoms with Crippen LogP contribution in [0.25, 0.3) is 0 Å². The highest BCUT2D eigenvalue weighted by atomic mass is 32.2. The number of amides is 2. The van der Waals surface area contributed by atoms with Crippen molar-refractivity contribution in [2.24, 2.45) is 0 Å². The molecule has 0 aliphatic rings. The van der Waals surface area contributed by atoms with Gasteiger partial charge in [-0.2, -0.15) is 0 Å². The van der Waals surface area contributed by atoms with Crippen LogP contribution in [-0.2, 0) is 9.59 Å². The van der Waals surface area contributed by atoms with Crippen LogP contribution in [0.3, 0.4) is 0 Å². The molecule has 0 radical (unpaired) electrons. The van der Waals surface area contributed by atoms with Crippen molar-refractivity contribution in [2.45, 2.75) is 30.9 Å². The van der Waals surface area contributed by atoms with E-state index in [0.29, 0.717) is 11.4 Å². The highest BCUT2D eigenvalue weighted by Crippen LogP contribution is 2.28. The molecule has 3 aromatic carbocycles. The van der Waals surface area contributed by atoms with Crippen molar-refractivity contribution >= 4 is 35.0 Å². The highest BCUT2D eigenvalue weighted by Gasteiger charge is 2.16. The van der Waals surface area contributed by atoms with Gasteiger partial charge in [0.2, 0.25) is 5.91 Å². The number of nitrogens with one attached hydrogen (secondary N) is 2. The lowest BCUT2D eigenvalue weighted by Crippen LogP contribution is -2.23. The van der Waals surface area contributed by atoms with Crippen LogP contribution in [0.1, 0.15) is 18.1 Å². The van der Waals surface area contributed by atoms with Gasteiger partial charge in [-0.1, -0.05) is 42.5 Å². The average molecular weight is 435 g/mol. The smallest absolute Gasteiger partial charge is 0.262 e. The first-order valence-electron chi connectivity index (χ1n) is 10.0. The molecule has 31 heavy (non-hydrogen) atoms. The monoisotopic (exact) mass is 434 g/mol. The Hall–Kier alpha value is -3.25. The molecule has 0 aromatic heterocycles. The third kappa shape index (κ3) is 6.62. The minimum absolute atomic E-state index is 0.0619. The van der Waals surface area contributed by atoms with Crippen molar-refractivity contribution in [1.29, 1.82) is 0 Å². The molecule has 0 spiro atoms. The number of hydrogen-bond acceptors (Lipinski definition) is 4. The second-order valence-corrected chi connectivity index (χ2v) is 8.61. The predicted octanol–water partition coefficient (Wildman–Crippen LogP) is 5.44. The van der Waals surface area contributed by atoms with Crippen molar-refractivity contribution in [1.82, 2.24) is 0 Å². The van der Waals surface area contributed by atoms with Gasteiger partial charge in [-0.25, -0.2) is 0 Å². The molecule has 0 heterocycles. The lowest BCUT2D eigenvalue weighted by molar-refractivity contribution is -0.118. The van der Waals surface area contributed by atoms with Crippen LogP contribution in [-0.4, -0.2) is 23.7 Å². The molecule has 1 unspecified atom stereocenters. The largest absolute Gasteiger partial charge is 0.484 e. The predicted molar refractivity (Wildman–Crippen MR) is 127 cm³/mol. The maximum absolute atomic E-state index is 12.7. The van der Waals surface area contributed by atoms with E-state index < -0.39 is 0 Å². The summed E-state index contributed by atoms with van der Waals surface area (Å²) in [6.45, 7) is 5.75. The Bertz CT molecular complexity index is 1030. The lowest BCUT2D eigenvalue weighted by Gasteiger charge is -2.16. The van der Waals surface area contributed by atoms with Gasteiger partial charge in [-0.05, 0) is 62.2 Å². The summed E-state index contributed by atoms with van der Waals surface area (Å²) in [6.07, 6.45) is 0. The summed E-state index contributed by atoms with van der Waals surface area (Å²) in [7, 11) is 0. The number of thioether (sulfide) groups is 1. The molecule has 2 amide bonds. The fourth-order valence-corrected chi connectivity index (χ4v) is 3.93. The molecule has 0 saturated heterocycles. The number of rotatable bonds is 8. The van der Waals surface area contributed by atoms with Gasteiger partial charge < -0.3 is 15.4 Å². The van der Waals surface area contributed by atoms with Gasteiger partial charge in [0.15, 0.2) is 6.61 Å². The molecule has 0 aliphatic heterocycles. The van der Waals surface area contributed by atoms with Crippen molar-refractivity contribution in [3.63, 3.8) is 0 Å². The van der Waals surface area contributed by atoms with E-state index in [1.165, 1.54) is 11.8 Å². The third-order valence-corrected chi connectivity index (χ3v) is 5.74. The Balaban J connectivity index is 1.55. The van der Waals surface area contributed by atoms with Crippen molar-refractivity contribution in [2.75, 3.05) is 17.2 Å². The van der Waals surface area contributed by atoms with Crippen LogP contribution in [0.15, 0.2) is 77.7 Å². The van der Waals surface area contributed by atoms with Gasteiger partial charge in [-0.3, -0.25) is 9.59 Å². The van der Waals surface area contributed by atoms with Crippen LogP contribution in [0.4, 0.5) is 11.4 Å². The SMILES string of the molecule is Cc1cccc(C)c1NC(=O)C(C)Sc1cccc(NC(=O)COc2ccccc2)c1. The van der Waals surface area contributed by atoms with E-state index >= 15 is 0 Å². The van der Waals surface area contributed by atoms with Crippen molar-refractivity contribution in [3.05, 3.63) is 83.9 Å². The summed E-state index contributed by atoms with van der Waals surface area (Å²) in [5.74, 6) is 0.339. The van der Waals surface area contributed by atoms with Gasteiger partial charge in [0.05, 0.1) is 5.25 Å². The molecular formula is C25H26N2O3S. The lowest BCUT2D eigenvalue weighted by atomic mass is 10.1. The zero-order valence-corrected chi connectivity index (χ0v) is 18.7. The molecule has 6 heteroatoms. The first kappa shape index (κ1) is 22.4. The van der Waals surface area contributed by atoms with Crippen molar-refractivity contribution < 1.29 is 14.3 Å². The Labute approximate surface area is 187 Å². The van der Waals surface area contributed by atoms with E-state index in [-0.39, 0.29) is 23.7 Å². The van der Waals surface area contributed by atoms with Gasteiger partial charge >= 0.3 is 0 Å². The fourth-order valence-electron chi connectivity index (χ4n) is 3.00. The zero-order valence-electron chi connectivity index (χ0n) is 17.8. The summed E-state index contributed by atoms with van der Waals surface area (Å²) in [5.41, 5.74) is 3.59. The molecule has 3 aromatic rings. The number of carbonyl (C=O) groups excluding carboxylic acids is 2. The van der Waals surface area contributed by atoms with Gasteiger partial charge in [0.25, 0.3) is 5.91 Å². The summed E-state index contributed by atoms with van der Waals surface area (Å²) in [6, 6.07) is 22.6. The molecule has 5 nitrogen and oxygen atoms in total. The fraction of sp³-hybridized carbons (Fsp3) is 0.200. The molecule has 160 valence electrons. The molecule has 3 rings (SSSR count). The third-order valence-electron chi connectivity index (χ3n) is 4.64.